The number of alkyl halides is 3. The number of hydrogen-bond acceptors (Lipinski definition) is 10. The number of ether oxygens (including phenoxy) is 4. The van der Waals surface area contributed by atoms with Crippen LogP contribution in [0.1, 0.15) is 47.5 Å². The van der Waals surface area contributed by atoms with Gasteiger partial charge in [-0.3, -0.25) is 4.99 Å². The Kier molecular flexibility index (Phi) is 20.6. The topological polar surface area (TPSA) is 108 Å². The third-order valence-corrected chi connectivity index (χ3v) is 9.39. The number of nitrogens with two attached hydrogens (primary N) is 1. The molecule has 2 aromatic heterocycles. The molecule has 54 heavy (non-hydrogen) atoms. The molecule has 10 nitrogen and oxygen atoms in total. The summed E-state index contributed by atoms with van der Waals surface area (Å²) in [5, 5.41) is 11.0. The summed E-state index contributed by atoms with van der Waals surface area (Å²) in [4.78, 5) is 6.53. The number of halogens is 3. The minimum atomic E-state index is -4.34. The molecule has 3 N–H and O–H groups in total. The van der Waals surface area contributed by atoms with Crippen LogP contribution in [-0.4, -0.2) is 113 Å². The van der Waals surface area contributed by atoms with Crippen LogP contribution in [0.15, 0.2) is 64.0 Å². The normalized spacial score (nSPS) is 14.3. The lowest BCUT2D eigenvalue weighted by atomic mass is 10.0. The van der Waals surface area contributed by atoms with Gasteiger partial charge in [-0.1, -0.05) is 39.8 Å². The molecule has 14 heteroatoms. The van der Waals surface area contributed by atoms with Gasteiger partial charge in [0, 0.05) is 53.4 Å². The van der Waals surface area contributed by atoms with Crippen LogP contribution in [0.2, 0.25) is 0 Å². The first kappa shape index (κ1) is 44.9. The highest BCUT2D eigenvalue weighted by atomic mass is 32.1. The van der Waals surface area contributed by atoms with Crippen molar-refractivity contribution in [2.45, 2.75) is 66.2 Å². The maximum Gasteiger partial charge on any atom is 0.406 e. The predicted octanol–water partition coefficient (Wildman–Crippen LogP) is 8.49. The Hall–Kier alpha value is -3.53. The number of nitrogens with zero attached hydrogens (tertiary/aromatic N) is 4. The van der Waals surface area contributed by atoms with Crippen LogP contribution in [0.3, 0.4) is 0 Å². The number of hydrogen-bond donors (Lipinski definition) is 2. The highest BCUT2D eigenvalue weighted by molar-refractivity contribution is 7.17. The number of anilines is 1. The zero-order valence-corrected chi connectivity index (χ0v) is 33.3. The van der Waals surface area contributed by atoms with Crippen molar-refractivity contribution in [2.75, 3.05) is 84.4 Å². The summed E-state index contributed by atoms with van der Waals surface area (Å²) in [5.41, 5.74) is 3.46. The minimum Gasteiger partial charge on any atom is -0.382 e. The number of nitrogens with one attached hydrogen (secondary N) is 1. The molecule has 2 aromatic carbocycles. The summed E-state index contributed by atoms with van der Waals surface area (Å²) in [7, 11) is 0. The van der Waals surface area contributed by atoms with Crippen LogP contribution in [0, 0.1) is 0 Å². The molecule has 3 heterocycles. The lowest BCUT2D eigenvalue weighted by Gasteiger charge is -2.32. The summed E-state index contributed by atoms with van der Waals surface area (Å²) in [6.07, 6.45) is -0.853. The van der Waals surface area contributed by atoms with Crippen LogP contribution in [0.5, 0.6) is 0 Å². The molecule has 0 amide bonds. The fourth-order valence-electron chi connectivity index (χ4n) is 5.95. The quantitative estimate of drug-likeness (QED) is 0.0401. The van der Waals surface area contributed by atoms with Crippen molar-refractivity contribution in [1.82, 2.24) is 9.47 Å². The van der Waals surface area contributed by atoms with Crippen molar-refractivity contribution in [3.63, 3.8) is 0 Å². The molecule has 0 atom stereocenters. The molecule has 1 saturated heterocycles. The summed E-state index contributed by atoms with van der Waals surface area (Å²) >= 11 is 1.62. The Morgan fingerprint density at radius 1 is 0.889 bits per heavy atom. The molecule has 5 rings (SSSR count). The van der Waals surface area contributed by atoms with Crippen molar-refractivity contribution < 1.29 is 32.1 Å². The molecule has 4 aromatic rings. The zero-order chi connectivity index (χ0) is 39.2. The van der Waals surface area contributed by atoms with Crippen molar-refractivity contribution in [3.8, 4) is 11.3 Å². The molecule has 0 aliphatic carbocycles. The average Bonchev–Trinajstić information content (AvgIpc) is 3.81. The lowest BCUT2D eigenvalue weighted by Crippen LogP contribution is -2.40. The molecule has 0 radical (unpaired) electrons. The highest BCUT2D eigenvalue weighted by Crippen LogP contribution is 2.37. The van der Waals surface area contributed by atoms with Crippen LogP contribution in [-0.2, 0) is 25.5 Å². The van der Waals surface area contributed by atoms with Crippen molar-refractivity contribution >= 4 is 49.9 Å². The number of thiophene rings is 1. The van der Waals surface area contributed by atoms with E-state index < -0.39 is 12.7 Å². The van der Waals surface area contributed by atoms with Crippen LogP contribution in [0.4, 0.5) is 18.9 Å². The number of piperidine rings is 1. The van der Waals surface area contributed by atoms with Crippen molar-refractivity contribution in [1.29, 1.82) is 0 Å². The van der Waals surface area contributed by atoms with Gasteiger partial charge in [0.15, 0.2) is 0 Å². The van der Waals surface area contributed by atoms with E-state index in [1.807, 2.05) is 75.5 Å². The van der Waals surface area contributed by atoms with E-state index in [4.69, 9.17) is 24.8 Å². The summed E-state index contributed by atoms with van der Waals surface area (Å²) in [5.74, 6) is 5.13. The molecule has 0 saturated carbocycles. The number of likely N-dealkylation sites (tertiary alicyclic amines) is 1. The van der Waals surface area contributed by atoms with Gasteiger partial charge in [-0.2, -0.15) is 18.3 Å². The predicted molar refractivity (Wildman–Crippen MR) is 219 cm³/mol. The second-order valence-corrected chi connectivity index (χ2v) is 13.1. The number of benzene rings is 2. The van der Waals surface area contributed by atoms with Crippen molar-refractivity contribution in [2.24, 2.45) is 15.9 Å². The molecule has 1 fully saturated rings. The van der Waals surface area contributed by atoms with Crippen LogP contribution >= 0.6 is 11.3 Å². The van der Waals surface area contributed by atoms with Gasteiger partial charge < -0.3 is 39.6 Å². The van der Waals surface area contributed by atoms with E-state index in [0.29, 0.717) is 76.3 Å². The van der Waals surface area contributed by atoms with Gasteiger partial charge in [-0.05, 0) is 72.5 Å². The number of aliphatic imine (C=N–C) groups is 1. The van der Waals surface area contributed by atoms with E-state index >= 15 is 0 Å². The molecular formula is C40H59F3N6O4S. The Morgan fingerprint density at radius 3 is 2.19 bits per heavy atom. The molecule has 0 unspecified atom stereocenters. The van der Waals surface area contributed by atoms with Crippen molar-refractivity contribution in [3.05, 3.63) is 53.9 Å². The van der Waals surface area contributed by atoms with E-state index in [2.05, 4.69) is 20.3 Å². The van der Waals surface area contributed by atoms with Crippen LogP contribution in [0.25, 0.3) is 32.2 Å². The van der Waals surface area contributed by atoms with Gasteiger partial charge in [0.2, 0.25) is 0 Å². The largest absolute Gasteiger partial charge is 0.406 e. The fraction of sp³-hybridized carbons (Fsp3) is 0.550. The van der Waals surface area contributed by atoms with E-state index in [1.165, 1.54) is 4.57 Å². The number of rotatable bonds is 20. The molecule has 0 spiro atoms. The third kappa shape index (κ3) is 15.0. The number of aromatic nitrogens is 1. The molecular weight excluding hydrogens is 718 g/mol. The molecule has 1 aliphatic heterocycles. The first-order chi connectivity index (χ1) is 26.3. The minimum absolute atomic E-state index is 0.233. The monoisotopic (exact) mass is 776 g/mol. The Morgan fingerprint density at radius 2 is 1.54 bits per heavy atom. The first-order valence-corrected chi connectivity index (χ1v) is 19.9. The smallest absolute Gasteiger partial charge is 0.382 e. The van der Waals surface area contributed by atoms with Gasteiger partial charge in [0.1, 0.15) is 6.54 Å². The number of fused-ring (bicyclic) bond motifs is 2. The second kappa shape index (κ2) is 24.8. The zero-order valence-electron chi connectivity index (χ0n) is 32.5. The van der Waals surface area contributed by atoms with E-state index in [0.717, 1.165) is 59.2 Å². The van der Waals surface area contributed by atoms with Gasteiger partial charge in [-0.25, -0.2) is 0 Å². The summed E-state index contributed by atoms with van der Waals surface area (Å²) in [6, 6.07) is 15.6. The Bertz CT molecular complexity index is 1690. The molecule has 300 valence electrons. The first-order valence-electron chi connectivity index (χ1n) is 19.0. The van der Waals surface area contributed by atoms with Gasteiger partial charge in [-0.15, -0.1) is 11.3 Å². The van der Waals surface area contributed by atoms with E-state index in [1.54, 1.807) is 30.5 Å². The SMILES string of the molecule is C/C(C=NCCOCCOCCOCCOCCN1CCC(Nc2cccc3c2cc(-c2ccc4sccc4c2)n3CC(F)(F)F)CC1)=N/N.CC.CC. The standard InChI is InChI=1S/C36H47F3N6O4S.2C2H6/c1-27(43-40)25-41-10-14-46-16-18-48-20-21-49-19-17-47-15-13-44-11-7-30(8-12-44)42-32-3-2-4-33-31(32)24-34(45(33)26-36(37,38)39)28-5-6-35-29(23-28)9-22-50-35;2*1-2/h2-6,9,22-25,30,42H,7-8,10-21,26,40H2,1H3;2*1-2H3/b41-25?,43-27-;;. The Balaban J connectivity index is 0.00000190. The lowest BCUT2D eigenvalue weighted by molar-refractivity contribution is -0.139. The fourth-order valence-corrected chi connectivity index (χ4v) is 6.72. The van der Waals surface area contributed by atoms with Gasteiger partial charge >= 0.3 is 6.18 Å². The van der Waals surface area contributed by atoms with Gasteiger partial charge in [0.25, 0.3) is 0 Å². The third-order valence-electron chi connectivity index (χ3n) is 8.49. The molecule has 0 bridgehead atoms. The number of hydrazone groups is 1. The summed E-state index contributed by atoms with van der Waals surface area (Å²) < 4.78 is 66.1. The summed E-state index contributed by atoms with van der Waals surface area (Å²) in [6.45, 7) is 16.1. The van der Waals surface area contributed by atoms with E-state index in [9.17, 15) is 13.2 Å². The Labute approximate surface area is 322 Å². The maximum atomic E-state index is 13.8. The average molecular weight is 777 g/mol. The second-order valence-electron chi connectivity index (χ2n) is 12.2. The van der Waals surface area contributed by atoms with Crippen LogP contribution < -0.4 is 11.2 Å². The molecule has 1 aliphatic rings. The van der Waals surface area contributed by atoms with Gasteiger partial charge in [0.05, 0.1) is 70.6 Å². The van der Waals surface area contributed by atoms with E-state index in [-0.39, 0.29) is 6.04 Å². The maximum absolute atomic E-state index is 13.8. The highest BCUT2D eigenvalue weighted by Gasteiger charge is 2.30.